The van der Waals surface area contributed by atoms with Gasteiger partial charge in [0.1, 0.15) is 0 Å². The first-order valence-electron chi connectivity index (χ1n) is 8.04. The molecule has 0 aromatic heterocycles. The summed E-state index contributed by atoms with van der Waals surface area (Å²) in [5.41, 5.74) is 4.70. The maximum Gasteiger partial charge on any atom is 0.380 e. The average Bonchev–Trinajstić information content (AvgIpc) is 2.53. The van der Waals surface area contributed by atoms with Crippen LogP contribution < -0.4 is 14.1 Å². The zero-order valence-electron chi connectivity index (χ0n) is 14.4. The monoisotopic (exact) mass is 362 g/mol. The van der Waals surface area contributed by atoms with Gasteiger partial charge in [-0.15, -0.1) is 0 Å². The molecule has 134 valence electrons. The summed E-state index contributed by atoms with van der Waals surface area (Å²) in [7, 11) is -2.61. The molecular weight excluding hydrogens is 340 g/mol. The quantitative estimate of drug-likeness (QED) is 0.881. The highest BCUT2D eigenvalue weighted by Gasteiger charge is 2.21. The van der Waals surface area contributed by atoms with Gasteiger partial charge in [0.2, 0.25) is 0 Å². The molecule has 0 bridgehead atoms. The molecule has 0 amide bonds. The number of nitrogens with zero attached hydrogens (tertiary/aromatic N) is 1. The second-order valence-corrected chi connectivity index (χ2v) is 7.45. The smallest absolute Gasteiger partial charge is 0.380 e. The predicted octanol–water partition coefficient (Wildman–Crippen LogP) is 2.14. The molecule has 1 aliphatic rings. The van der Waals surface area contributed by atoms with Crippen molar-refractivity contribution < 1.29 is 17.3 Å². The van der Waals surface area contributed by atoms with Crippen molar-refractivity contribution in [2.75, 3.05) is 13.7 Å². The third-order valence-corrected chi connectivity index (χ3v) is 4.68. The number of ether oxygens (including phenoxy) is 1. The van der Waals surface area contributed by atoms with Gasteiger partial charge in [0.25, 0.3) is 0 Å². The van der Waals surface area contributed by atoms with Crippen LogP contribution in [0.4, 0.5) is 0 Å². The molecule has 1 heterocycles. The van der Waals surface area contributed by atoms with E-state index >= 15 is 0 Å². The summed E-state index contributed by atoms with van der Waals surface area (Å²) in [6, 6.07) is 12.0. The summed E-state index contributed by atoms with van der Waals surface area (Å²) < 4.78 is 32.5. The molecule has 0 aliphatic carbocycles. The molecule has 0 spiro atoms. The first-order valence-corrected chi connectivity index (χ1v) is 9.51. The average molecular weight is 362 g/mol. The molecule has 3 rings (SSSR count). The highest BCUT2D eigenvalue weighted by atomic mass is 32.2. The number of hydrogen-bond donors (Lipinski definition) is 1. The third-order valence-electron chi connectivity index (χ3n) is 4.27. The van der Waals surface area contributed by atoms with Crippen LogP contribution in [0.25, 0.3) is 0 Å². The Kier molecular flexibility index (Phi) is 4.99. The minimum atomic E-state index is -4.08. The first kappa shape index (κ1) is 17.7. The van der Waals surface area contributed by atoms with Crippen LogP contribution in [0.2, 0.25) is 0 Å². The molecule has 2 N–H and O–H groups in total. The van der Waals surface area contributed by atoms with Crippen LogP contribution in [-0.2, 0) is 29.8 Å². The summed E-state index contributed by atoms with van der Waals surface area (Å²) in [4.78, 5) is 2.36. The van der Waals surface area contributed by atoms with Crippen molar-refractivity contribution in [3.05, 3.63) is 58.7 Å². The summed E-state index contributed by atoms with van der Waals surface area (Å²) in [5.74, 6) is 0.501. The molecule has 0 unspecified atom stereocenters. The van der Waals surface area contributed by atoms with Crippen LogP contribution >= 0.6 is 0 Å². The van der Waals surface area contributed by atoms with E-state index < -0.39 is 10.3 Å². The molecule has 2 aromatic rings. The maximum atomic E-state index is 11.2. The van der Waals surface area contributed by atoms with E-state index in [0.29, 0.717) is 5.75 Å². The van der Waals surface area contributed by atoms with Crippen molar-refractivity contribution in [3.8, 4) is 11.5 Å². The minimum Gasteiger partial charge on any atom is -0.493 e. The lowest BCUT2D eigenvalue weighted by Crippen LogP contribution is -2.30. The van der Waals surface area contributed by atoms with Gasteiger partial charge in [-0.1, -0.05) is 29.8 Å². The molecule has 0 fully saturated rings. The van der Waals surface area contributed by atoms with Crippen molar-refractivity contribution in [2.24, 2.45) is 5.14 Å². The highest BCUT2D eigenvalue weighted by Crippen LogP contribution is 2.34. The van der Waals surface area contributed by atoms with Gasteiger partial charge in [0.15, 0.2) is 11.5 Å². The van der Waals surface area contributed by atoms with Gasteiger partial charge in [-0.05, 0) is 42.2 Å². The van der Waals surface area contributed by atoms with Crippen LogP contribution in [0.15, 0.2) is 36.4 Å². The van der Waals surface area contributed by atoms with E-state index in [-0.39, 0.29) is 5.75 Å². The van der Waals surface area contributed by atoms with Crippen molar-refractivity contribution in [3.63, 3.8) is 0 Å². The first-order chi connectivity index (χ1) is 11.8. The van der Waals surface area contributed by atoms with Crippen LogP contribution in [-0.4, -0.2) is 27.0 Å². The molecule has 25 heavy (non-hydrogen) atoms. The van der Waals surface area contributed by atoms with E-state index in [1.54, 1.807) is 6.07 Å². The van der Waals surface area contributed by atoms with E-state index in [4.69, 9.17) is 14.1 Å². The number of benzene rings is 2. The maximum absolute atomic E-state index is 11.2. The Morgan fingerprint density at radius 2 is 1.92 bits per heavy atom. The SMILES string of the molecule is COc1cc2c(cc1OS(N)(=O)=O)CCN(Cc1cccc(C)c1)C2. The lowest BCUT2D eigenvalue weighted by Gasteiger charge is -2.29. The molecular formula is C18H22N2O4S. The Morgan fingerprint density at radius 3 is 2.60 bits per heavy atom. The lowest BCUT2D eigenvalue weighted by atomic mass is 9.98. The number of aryl methyl sites for hydroxylation is 1. The largest absolute Gasteiger partial charge is 0.493 e. The highest BCUT2D eigenvalue weighted by molar-refractivity contribution is 7.84. The fraction of sp³-hybridized carbons (Fsp3) is 0.333. The van der Waals surface area contributed by atoms with E-state index in [0.717, 1.165) is 37.2 Å². The summed E-state index contributed by atoms with van der Waals surface area (Å²) >= 11 is 0. The third kappa shape index (κ3) is 4.50. The van der Waals surface area contributed by atoms with Crippen molar-refractivity contribution in [1.29, 1.82) is 0 Å². The number of nitrogens with two attached hydrogens (primary N) is 1. The van der Waals surface area contributed by atoms with Crippen molar-refractivity contribution in [2.45, 2.75) is 26.4 Å². The standard InChI is InChI=1S/C18H22N2O4S/c1-13-4-3-5-14(8-13)11-20-7-6-15-9-18(24-25(19,21)22)17(23-2)10-16(15)12-20/h3-5,8-10H,6-7,11-12H2,1-2H3,(H2,19,21,22). The fourth-order valence-electron chi connectivity index (χ4n) is 3.18. The zero-order valence-corrected chi connectivity index (χ0v) is 15.2. The van der Waals surface area contributed by atoms with Gasteiger partial charge in [-0.3, -0.25) is 4.90 Å². The summed E-state index contributed by atoms with van der Waals surface area (Å²) in [6.45, 7) is 4.63. The number of methoxy groups -OCH3 is 1. The van der Waals surface area contributed by atoms with Crippen LogP contribution in [0, 0.1) is 6.92 Å². The minimum absolute atomic E-state index is 0.135. The molecule has 0 atom stereocenters. The summed E-state index contributed by atoms with van der Waals surface area (Å²) in [5, 5.41) is 4.97. The Bertz CT molecular complexity index is 881. The molecule has 2 aromatic carbocycles. The van der Waals surface area contributed by atoms with E-state index in [1.807, 2.05) is 6.07 Å². The topological polar surface area (TPSA) is 81.9 Å². The fourth-order valence-corrected chi connectivity index (χ4v) is 3.56. The Balaban J connectivity index is 1.81. The van der Waals surface area contributed by atoms with Crippen LogP contribution in [0.5, 0.6) is 11.5 Å². The molecule has 6 nitrogen and oxygen atoms in total. The second kappa shape index (κ2) is 7.03. The van der Waals surface area contributed by atoms with Crippen LogP contribution in [0.3, 0.4) is 0 Å². The van der Waals surface area contributed by atoms with Crippen molar-refractivity contribution in [1.82, 2.24) is 4.90 Å². The zero-order chi connectivity index (χ0) is 18.0. The lowest BCUT2D eigenvalue weighted by molar-refractivity contribution is 0.244. The van der Waals surface area contributed by atoms with Crippen molar-refractivity contribution >= 4 is 10.3 Å². The van der Waals surface area contributed by atoms with Crippen LogP contribution in [0.1, 0.15) is 22.3 Å². The molecule has 0 radical (unpaired) electrons. The van der Waals surface area contributed by atoms with E-state index in [1.165, 1.54) is 18.2 Å². The molecule has 0 saturated heterocycles. The van der Waals surface area contributed by atoms with E-state index in [2.05, 4.69) is 36.1 Å². The van der Waals surface area contributed by atoms with Gasteiger partial charge >= 0.3 is 10.3 Å². The van der Waals surface area contributed by atoms with Gasteiger partial charge < -0.3 is 8.92 Å². The molecule has 0 saturated carbocycles. The number of rotatable bonds is 5. The van der Waals surface area contributed by atoms with Gasteiger partial charge in [0, 0.05) is 19.6 Å². The Labute approximate surface area is 148 Å². The van der Waals surface area contributed by atoms with E-state index in [9.17, 15) is 8.42 Å². The number of fused-ring (bicyclic) bond motifs is 1. The van der Waals surface area contributed by atoms with Gasteiger partial charge in [-0.2, -0.15) is 13.6 Å². The van der Waals surface area contributed by atoms with Gasteiger partial charge in [-0.25, -0.2) is 0 Å². The Hall–Kier alpha value is -2.09. The Morgan fingerprint density at radius 1 is 1.16 bits per heavy atom. The normalized spacial score (nSPS) is 14.8. The number of hydrogen-bond acceptors (Lipinski definition) is 5. The molecule has 1 aliphatic heterocycles. The second-order valence-electron chi connectivity index (χ2n) is 6.30. The summed E-state index contributed by atoms with van der Waals surface area (Å²) in [6.07, 6.45) is 0.812. The predicted molar refractivity (Wildman–Crippen MR) is 95.7 cm³/mol. The van der Waals surface area contributed by atoms with Gasteiger partial charge in [0.05, 0.1) is 7.11 Å². The molecule has 7 heteroatoms.